The highest BCUT2D eigenvalue weighted by Crippen LogP contribution is 2.28. The second kappa shape index (κ2) is 11.8. The minimum Gasteiger partial charge on any atom is -0.380 e. The van der Waals surface area contributed by atoms with E-state index >= 15 is 0 Å². The number of amides is 3. The van der Waals surface area contributed by atoms with Crippen molar-refractivity contribution >= 4 is 29.2 Å². The molecule has 1 aromatic carbocycles. The lowest BCUT2D eigenvalue weighted by Gasteiger charge is -2.27. The first-order valence-corrected chi connectivity index (χ1v) is 12.5. The van der Waals surface area contributed by atoms with E-state index in [1.165, 1.54) is 18.4 Å². The molecule has 2 aromatic rings. The fraction of sp³-hybridized carbons (Fsp3) is 0.462. The number of alkyl halides is 3. The fourth-order valence-corrected chi connectivity index (χ4v) is 4.98. The maximum atomic E-state index is 13.2. The van der Waals surface area contributed by atoms with Crippen LogP contribution < -0.4 is 10.6 Å². The summed E-state index contributed by atoms with van der Waals surface area (Å²) in [5.74, 6) is -2.83. The first kappa shape index (κ1) is 27.4. The zero-order chi connectivity index (χ0) is 27.3. The molecule has 0 radical (unpaired) electrons. The number of likely N-dealkylation sites (tertiary alicyclic amines) is 1. The van der Waals surface area contributed by atoms with Crippen molar-refractivity contribution in [2.24, 2.45) is 0 Å². The zero-order valence-corrected chi connectivity index (χ0v) is 21.0. The van der Waals surface area contributed by atoms with E-state index in [0.717, 1.165) is 25.7 Å². The van der Waals surface area contributed by atoms with Gasteiger partial charge < -0.3 is 15.5 Å². The SMILES string of the molecule is CON(C(=O)c1ccccc1NCc1ccnc(NC(=O)C2CCCN2C(=O)C(F)(F)F)c1)C1CCCC1. The molecule has 1 saturated carbocycles. The van der Waals surface area contributed by atoms with E-state index < -0.39 is 24.0 Å². The Morgan fingerprint density at radius 2 is 1.84 bits per heavy atom. The van der Waals surface area contributed by atoms with Crippen molar-refractivity contribution in [1.82, 2.24) is 14.9 Å². The van der Waals surface area contributed by atoms with Crippen LogP contribution in [0.3, 0.4) is 0 Å². The summed E-state index contributed by atoms with van der Waals surface area (Å²) < 4.78 is 38.7. The summed E-state index contributed by atoms with van der Waals surface area (Å²) in [6.07, 6.45) is 0.751. The number of benzene rings is 1. The normalized spacial score (nSPS) is 17.9. The molecular weight excluding hydrogens is 503 g/mol. The van der Waals surface area contributed by atoms with Crippen LogP contribution >= 0.6 is 0 Å². The Labute approximate surface area is 218 Å². The number of carbonyl (C=O) groups excluding carboxylic acids is 3. The van der Waals surface area contributed by atoms with Crippen LogP contribution in [0, 0.1) is 0 Å². The lowest BCUT2D eigenvalue weighted by Crippen LogP contribution is -2.48. The number of pyridine rings is 1. The number of hydrogen-bond acceptors (Lipinski definition) is 6. The molecule has 1 aliphatic carbocycles. The van der Waals surface area contributed by atoms with Crippen molar-refractivity contribution in [2.75, 3.05) is 24.3 Å². The number of rotatable bonds is 8. The van der Waals surface area contributed by atoms with E-state index in [-0.39, 0.29) is 37.3 Å². The molecule has 1 aromatic heterocycles. The van der Waals surface area contributed by atoms with Crippen LogP contribution in [0.2, 0.25) is 0 Å². The largest absolute Gasteiger partial charge is 0.471 e. The average molecular weight is 534 g/mol. The standard InChI is InChI=1S/C26H30F3N5O4/c1-38-34(18-7-2-3-8-18)24(36)19-9-4-5-10-20(19)31-16-17-12-13-30-22(15-17)32-23(35)21-11-6-14-33(21)25(37)26(27,28)29/h4-5,9-10,12-13,15,18,21,31H,2-3,6-8,11,14,16H2,1H3,(H,30,32,35). The third kappa shape index (κ3) is 6.24. The number of nitrogens with one attached hydrogen (secondary N) is 2. The summed E-state index contributed by atoms with van der Waals surface area (Å²) in [5.41, 5.74) is 1.78. The van der Waals surface area contributed by atoms with Crippen LogP contribution in [0.5, 0.6) is 0 Å². The summed E-state index contributed by atoms with van der Waals surface area (Å²) in [4.78, 5) is 47.7. The molecule has 4 rings (SSSR count). The number of halogens is 3. The molecule has 1 aliphatic heterocycles. The zero-order valence-electron chi connectivity index (χ0n) is 21.0. The van der Waals surface area contributed by atoms with Gasteiger partial charge >= 0.3 is 12.1 Å². The molecule has 2 N–H and O–H groups in total. The van der Waals surface area contributed by atoms with Gasteiger partial charge in [0.15, 0.2) is 0 Å². The number of hydrogen-bond donors (Lipinski definition) is 2. The van der Waals surface area contributed by atoms with Gasteiger partial charge in [0, 0.05) is 25.0 Å². The van der Waals surface area contributed by atoms with Crippen LogP contribution in [0.15, 0.2) is 42.6 Å². The molecule has 0 spiro atoms. The van der Waals surface area contributed by atoms with Crippen LogP contribution in [0.4, 0.5) is 24.7 Å². The third-order valence-electron chi connectivity index (χ3n) is 6.83. The molecule has 38 heavy (non-hydrogen) atoms. The Balaban J connectivity index is 1.41. The van der Waals surface area contributed by atoms with E-state index in [9.17, 15) is 27.6 Å². The maximum Gasteiger partial charge on any atom is 0.471 e. The second-order valence-electron chi connectivity index (χ2n) is 9.34. The summed E-state index contributed by atoms with van der Waals surface area (Å²) in [6, 6.07) is 9.20. The van der Waals surface area contributed by atoms with Crippen molar-refractivity contribution in [3.8, 4) is 0 Å². The number of nitrogens with zero attached hydrogens (tertiary/aromatic N) is 3. The molecular formula is C26H30F3N5O4. The van der Waals surface area contributed by atoms with Crippen molar-refractivity contribution in [2.45, 2.75) is 63.3 Å². The van der Waals surface area contributed by atoms with Gasteiger partial charge in [-0.25, -0.2) is 10.0 Å². The van der Waals surface area contributed by atoms with Gasteiger partial charge in [0.1, 0.15) is 11.9 Å². The van der Waals surface area contributed by atoms with Gasteiger partial charge in [-0.1, -0.05) is 25.0 Å². The lowest BCUT2D eigenvalue weighted by atomic mass is 10.1. The number of carbonyl (C=O) groups is 3. The van der Waals surface area contributed by atoms with Crippen molar-refractivity contribution in [3.05, 3.63) is 53.7 Å². The van der Waals surface area contributed by atoms with Gasteiger partial charge in [-0.2, -0.15) is 13.2 Å². The number of hydroxylamine groups is 2. The molecule has 12 heteroatoms. The van der Waals surface area contributed by atoms with Crippen molar-refractivity contribution < 1.29 is 32.4 Å². The Morgan fingerprint density at radius 3 is 2.55 bits per heavy atom. The molecule has 0 bridgehead atoms. The third-order valence-corrected chi connectivity index (χ3v) is 6.83. The minimum atomic E-state index is -5.04. The Hall–Kier alpha value is -3.67. The first-order valence-electron chi connectivity index (χ1n) is 12.5. The number of para-hydroxylation sites is 1. The highest BCUT2D eigenvalue weighted by molar-refractivity contribution is 5.99. The van der Waals surface area contributed by atoms with Crippen molar-refractivity contribution in [1.29, 1.82) is 0 Å². The summed E-state index contributed by atoms with van der Waals surface area (Å²) >= 11 is 0. The van der Waals surface area contributed by atoms with E-state index in [4.69, 9.17) is 4.84 Å². The van der Waals surface area contributed by atoms with E-state index in [0.29, 0.717) is 28.1 Å². The molecule has 3 amide bonds. The monoisotopic (exact) mass is 533 g/mol. The van der Waals surface area contributed by atoms with E-state index in [1.807, 2.05) is 0 Å². The van der Waals surface area contributed by atoms with Gasteiger partial charge in [-0.3, -0.25) is 19.2 Å². The Kier molecular flexibility index (Phi) is 8.50. The summed E-state index contributed by atoms with van der Waals surface area (Å²) in [5, 5.41) is 7.19. The maximum absolute atomic E-state index is 13.2. The molecule has 1 atom stereocenters. The smallest absolute Gasteiger partial charge is 0.380 e. The van der Waals surface area contributed by atoms with Crippen LogP contribution in [-0.4, -0.2) is 64.6 Å². The van der Waals surface area contributed by atoms with Gasteiger partial charge in [-0.05, 0) is 55.5 Å². The number of aromatic nitrogens is 1. The summed E-state index contributed by atoms with van der Waals surface area (Å²) in [7, 11) is 1.49. The molecule has 2 aliphatic rings. The van der Waals surface area contributed by atoms with E-state index in [2.05, 4.69) is 15.6 Å². The van der Waals surface area contributed by atoms with Crippen molar-refractivity contribution in [3.63, 3.8) is 0 Å². The quantitative estimate of drug-likeness (QED) is 0.495. The van der Waals surface area contributed by atoms with Gasteiger partial charge in [0.2, 0.25) is 5.91 Å². The van der Waals surface area contributed by atoms with Crippen LogP contribution in [-0.2, 0) is 21.0 Å². The van der Waals surface area contributed by atoms with Crippen LogP contribution in [0.25, 0.3) is 0 Å². The minimum absolute atomic E-state index is 0.0362. The molecule has 204 valence electrons. The molecule has 1 saturated heterocycles. The topological polar surface area (TPSA) is 104 Å². The Morgan fingerprint density at radius 1 is 1.11 bits per heavy atom. The number of anilines is 2. The predicted molar refractivity (Wildman–Crippen MR) is 133 cm³/mol. The van der Waals surface area contributed by atoms with Crippen LogP contribution in [0.1, 0.15) is 54.4 Å². The molecule has 2 heterocycles. The average Bonchev–Trinajstić information content (AvgIpc) is 3.60. The molecule has 1 unspecified atom stereocenters. The second-order valence-corrected chi connectivity index (χ2v) is 9.34. The molecule has 9 nitrogen and oxygen atoms in total. The van der Waals surface area contributed by atoms with Gasteiger partial charge in [0.25, 0.3) is 5.91 Å². The lowest BCUT2D eigenvalue weighted by molar-refractivity contribution is -0.186. The van der Waals surface area contributed by atoms with Gasteiger partial charge in [-0.15, -0.1) is 0 Å². The highest BCUT2D eigenvalue weighted by atomic mass is 19.4. The Bertz CT molecular complexity index is 1170. The fourth-order valence-electron chi connectivity index (χ4n) is 4.98. The highest BCUT2D eigenvalue weighted by Gasteiger charge is 2.47. The molecule has 2 fully saturated rings. The predicted octanol–water partition coefficient (Wildman–Crippen LogP) is 4.13. The summed E-state index contributed by atoms with van der Waals surface area (Å²) in [6.45, 7) is 0.154. The van der Waals surface area contributed by atoms with E-state index in [1.54, 1.807) is 36.4 Å². The van der Waals surface area contributed by atoms with Gasteiger partial charge in [0.05, 0.1) is 18.7 Å². The first-order chi connectivity index (χ1) is 18.2.